The van der Waals surface area contributed by atoms with Crippen LogP contribution in [0.1, 0.15) is 42.0 Å². The molecule has 1 aliphatic rings. The Balaban J connectivity index is 1.92. The molecule has 0 bridgehead atoms. The number of aryl methyl sites for hydroxylation is 1. The molecule has 4 rings (SSSR count). The van der Waals surface area contributed by atoms with E-state index in [4.69, 9.17) is 5.73 Å². The molecule has 3 aromatic rings. The molecule has 6 heteroatoms. The highest BCUT2D eigenvalue weighted by Crippen LogP contribution is 2.37. The van der Waals surface area contributed by atoms with E-state index < -0.39 is 0 Å². The highest BCUT2D eigenvalue weighted by atomic mass is 16.1. The van der Waals surface area contributed by atoms with Crippen LogP contribution in [0, 0.1) is 12.3 Å². The number of fused-ring (bicyclic) bond motifs is 2. The molecule has 0 spiro atoms. The van der Waals surface area contributed by atoms with Crippen LogP contribution in [-0.2, 0) is 13.0 Å². The lowest BCUT2D eigenvalue weighted by molar-refractivity contribution is 0.0910. The molecule has 0 saturated carbocycles. The number of hydrogen-bond donors (Lipinski definition) is 1. The number of Topliss-reactive ketones (excluding diaryl/α,β-unsaturated/α-hetero) is 1. The number of carbonyl (C=O) groups is 1. The predicted octanol–water partition coefficient (Wildman–Crippen LogP) is 3.45. The van der Waals surface area contributed by atoms with Gasteiger partial charge in [-0.2, -0.15) is 10.2 Å². The average molecular weight is 349 g/mol. The fourth-order valence-electron chi connectivity index (χ4n) is 3.93. The van der Waals surface area contributed by atoms with Gasteiger partial charge in [0, 0.05) is 11.8 Å². The Morgan fingerprint density at radius 3 is 2.81 bits per heavy atom. The van der Waals surface area contributed by atoms with Crippen molar-refractivity contribution in [1.29, 1.82) is 0 Å². The molecule has 0 aliphatic heterocycles. The molecule has 0 unspecified atom stereocenters. The Hall–Kier alpha value is -2.89. The fraction of sp³-hybridized carbons (Fsp3) is 0.350. The van der Waals surface area contributed by atoms with Crippen molar-refractivity contribution in [2.45, 2.75) is 40.2 Å². The van der Waals surface area contributed by atoms with Crippen LogP contribution in [0.15, 0.2) is 30.9 Å². The molecule has 2 aromatic heterocycles. The van der Waals surface area contributed by atoms with Crippen LogP contribution in [0.2, 0.25) is 0 Å². The Labute approximate surface area is 152 Å². The number of nitrogen functional groups attached to an aromatic ring is 1. The summed E-state index contributed by atoms with van der Waals surface area (Å²) in [5.41, 5.74) is 10.4. The maximum Gasteiger partial charge on any atom is 0.167 e. The Morgan fingerprint density at radius 1 is 1.31 bits per heavy atom. The molecule has 0 amide bonds. The van der Waals surface area contributed by atoms with Crippen molar-refractivity contribution in [3.05, 3.63) is 47.8 Å². The van der Waals surface area contributed by atoms with Crippen LogP contribution in [-0.4, -0.2) is 25.3 Å². The van der Waals surface area contributed by atoms with E-state index in [2.05, 4.69) is 30.6 Å². The number of anilines is 1. The van der Waals surface area contributed by atoms with Crippen molar-refractivity contribution < 1.29 is 4.79 Å². The Kier molecular flexibility index (Phi) is 3.54. The summed E-state index contributed by atoms with van der Waals surface area (Å²) in [5, 5.41) is 9.97. The second-order valence-corrected chi connectivity index (χ2v) is 7.82. The first-order valence-electron chi connectivity index (χ1n) is 8.80. The molecule has 0 atom stereocenters. The van der Waals surface area contributed by atoms with E-state index in [9.17, 15) is 4.79 Å². The van der Waals surface area contributed by atoms with Crippen LogP contribution < -0.4 is 5.73 Å². The van der Waals surface area contributed by atoms with E-state index >= 15 is 0 Å². The van der Waals surface area contributed by atoms with Gasteiger partial charge in [-0.3, -0.25) is 9.48 Å². The smallest absolute Gasteiger partial charge is 0.167 e. The van der Waals surface area contributed by atoms with Crippen LogP contribution in [0.5, 0.6) is 0 Å². The summed E-state index contributed by atoms with van der Waals surface area (Å²) < 4.78 is 3.74. The van der Waals surface area contributed by atoms with E-state index in [-0.39, 0.29) is 11.2 Å². The third kappa shape index (κ3) is 2.44. The molecular formula is C20H23N5O. The molecule has 1 aromatic carbocycles. The number of ketones is 1. The standard InChI is InChI=1S/C20H23N5O/c1-5-8-24-15-9-13(6-7-14(15)19(21)23-24)25-16-10-20(3,4)11-17(26)18(16)12(2)22-25/h5-7,9H,1,8,10-11H2,2-4H3,(H2,21,23). The third-order valence-electron chi connectivity index (χ3n) is 5.03. The van der Waals surface area contributed by atoms with E-state index in [0.717, 1.165) is 40.0 Å². The number of hydrogen-bond acceptors (Lipinski definition) is 4. The SMILES string of the molecule is C=CCn1nc(N)c2ccc(-n3nc(C)c4c3CC(C)(C)CC4=O)cc21. The zero-order valence-corrected chi connectivity index (χ0v) is 15.4. The van der Waals surface area contributed by atoms with Crippen LogP contribution in [0.3, 0.4) is 0 Å². The maximum absolute atomic E-state index is 12.6. The van der Waals surface area contributed by atoms with Gasteiger partial charge in [-0.15, -0.1) is 6.58 Å². The molecule has 0 radical (unpaired) electrons. The summed E-state index contributed by atoms with van der Waals surface area (Å²) in [6, 6.07) is 5.98. The summed E-state index contributed by atoms with van der Waals surface area (Å²) in [6.45, 7) is 10.5. The number of aromatic nitrogens is 4. The average Bonchev–Trinajstić information content (AvgIpc) is 3.04. The van der Waals surface area contributed by atoms with Crippen molar-refractivity contribution in [2.75, 3.05) is 5.73 Å². The number of carbonyl (C=O) groups excluding carboxylic acids is 1. The van der Waals surface area contributed by atoms with Crippen molar-refractivity contribution in [3.8, 4) is 5.69 Å². The summed E-state index contributed by atoms with van der Waals surface area (Å²) in [5.74, 6) is 0.686. The first-order valence-corrected chi connectivity index (χ1v) is 8.80. The summed E-state index contributed by atoms with van der Waals surface area (Å²) in [4.78, 5) is 12.6. The van der Waals surface area contributed by atoms with Crippen molar-refractivity contribution in [3.63, 3.8) is 0 Å². The number of nitrogens with two attached hydrogens (primary N) is 1. The van der Waals surface area contributed by atoms with Crippen molar-refractivity contribution in [1.82, 2.24) is 19.6 Å². The lowest BCUT2D eigenvalue weighted by Crippen LogP contribution is -2.28. The van der Waals surface area contributed by atoms with Gasteiger partial charge in [0.2, 0.25) is 0 Å². The minimum absolute atomic E-state index is 0.0621. The molecule has 2 heterocycles. The van der Waals surface area contributed by atoms with E-state index in [0.29, 0.717) is 18.8 Å². The zero-order chi connectivity index (χ0) is 18.6. The number of rotatable bonds is 3. The van der Waals surface area contributed by atoms with Gasteiger partial charge >= 0.3 is 0 Å². The molecule has 1 aliphatic carbocycles. The second-order valence-electron chi connectivity index (χ2n) is 7.82. The van der Waals surface area contributed by atoms with Gasteiger partial charge in [-0.1, -0.05) is 19.9 Å². The topological polar surface area (TPSA) is 78.7 Å². The van der Waals surface area contributed by atoms with Gasteiger partial charge in [0.25, 0.3) is 0 Å². The van der Waals surface area contributed by atoms with Gasteiger partial charge in [0.05, 0.1) is 34.7 Å². The van der Waals surface area contributed by atoms with E-state index in [1.54, 1.807) is 6.08 Å². The predicted molar refractivity (Wildman–Crippen MR) is 103 cm³/mol. The third-order valence-corrected chi connectivity index (χ3v) is 5.03. The second kappa shape index (κ2) is 5.56. The largest absolute Gasteiger partial charge is 0.382 e. The normalized spacial score (nSPS) is 16.0. The monoisotopic (exact) mass is 349 g/mol. The van der Waals surface area contributed by atoms with Gasteiger partial charge in [0.15, 0.2) is 11.6 Å². The maximum atomic E-state index is 12.6. The lowest BCUT2D eigenvalue weighted by atomic mass is 9.75. The van der Waals surface area contributed by atoms with Crippen LogP contribution >= 0.6 is 0 Å². The van der Waals surface area contributed by atoms with E-state index in [1.165, 1.54) is 0 Å². The number of nitrogens with zero attached hydrogens (tertiary/aromatic N) is 4. The fourth-order valence-corrected chi connectivity index (χ4v) is 3.93. The Morgan fingerprint density at radius 2 is 2.08 bits per heavy atom. The van der Waals surface area contributed by atoms with Crippen LogP contribution in [0.4, 0.5) is 5.82 Å². The summed E-state index contributed by atoms with van der Waals surface area (Å²) in [7, 11) is 0. The van der Waals surface area contributed by atoms with Gasteiger partial charge < -0.3 is 5.73 Å². The molecule has 0 fully saturated rings. The summed E-state index contributed by atoms with van der Waals surface area (Å²) >= 11 is 0. The van der Waals surface area contributed by atoms with Crippen molar-refractivity contribution in [2.24, 2.45) is 5.41 Å². The molecule has 0 saturated heterocycles. The zero-order valence-electron chi connectivity index (χ0n) is 15.4. The number of allylic oxidation sites excluding steroid dienone is 1. The number of benzene rings is 1. The van der Waals surface area contributed by atoms with Crippen LogP contribution in [0.25, 0.3) is 16.6 Å². The van der Waals surface area contributed by atoms with Gasteiger partial charge in [-0.05, 0) is 37.0 Å². The molecular weight excluding hydrogens is 326 g/mol. The minimum Gasteiger partial charge on any atom is -0.382 e. The summed E-state index contributed by atoms with van der Waals surface area (Å²) in [6.07, 6.45) is 3.18. The highest BCUT2D eigenvalue weighted by Gasteiger charge is 2.35. The first kappa shape index (κ1) is 16.6. The highest BCUT2D eigenvalue weighted by molar-refractivity contribution is 6.00. The minimum atomic E-state index is -0.0621. The molecule has 26 heavy (non-hydrogen) atoms. The van der Waals surface area contributed by atoms with E-state index in [1.807, 2.05) is 34.5 Å². The van der Waals surface area contributed by atoms with Gasteiger partial charge in [-0.25, -0.2) is 4.68 Å². The van der Waals surface area contributed by atoms with Gasteiger partial charge in [0.1, 0.15) is 0 Å². The first-order chi connectivity index (χ1) is 12.3. The lowest BCUT2D eigenvalue weighted by Gasteiger charge is -2.29. The molecule has 6 nitrogen and oxygen atoms in total. The molecule has 134 valence electrons. The Bertz CT molecular complexity index is 1050. The quantitative estimate of drug-likeness (QED) is 0.735. The molecule has 2 N–H and O–H groups in total. The van der Waals surface area contributed by atoms with Crippen molar-refractivity contribution >= 4 is 22.5 Å².